The molecule has 0 amide bonds. The summed E-state index contributed by atoms with van der Waals surface area (Å²) >= 11 is 1.33. The predicted octanol–water partition coefficient (Wildman–Crippen LogP) is 3.10. The van der Waals surface area contributed by atoms with Gasteiger partial charge in [0.1, 0.15) is 4.88 Å². The maximum Gasteiger partial charge on any atom is 0.346 e. The van der Waals surface area contributed by atoms with Crippen molar-refractivity contribution in [1.82, 2.24) is 5.32 Å². The monoisotopic (exact) mass is 307 g/mol. The average Bonchev–Trinajstić information content (AvgIpc) is 2.85. The van der Waals surface area contributed by atoms with E-state index in [0.29, 0.717) is 17.3 Å². The van der Waals surface area contributed by atoms with Gasteiger partial charge in [-0.25, -0.2) is 4.79 Å². The number of aromatic carboxylic acids is 1. The molecule has 1 unspecified atom stereocenters. The minimum absolute atomic E-state index is 0.196. The third-order valence-corrected chi connectivity index (χ3v) is 4.94. The lowest BCUT2D eigenvalue weighted by atomic mass is 10.0. The van der Waals surface area contributed by atoms with Crippen LogP contribution >= 0.6 is 11.3 Å². The lowest BCUT2D eigenvalue weighted by molar-refractivity contribution is 0.0701. The molecule has 0 saturated heterocycles. The first-order valence-electron chi connectivity index (χ1n) is 7.22. The molecule has 0 fully saturated rings. The topological polar surface area (TPSA) is 69.6 Å². The molecule has 2 rings (SSSR count). The minimum Gasteiger partial charge on any atom is -0.477 e. The normalized spacial score (nSPS) is 12.7. The second-order valence-corrected chi connectivity index (χ2v) is 6.18. The van der Waals surface area contributed by atoms with E-state index in [4.69, 9.17) is 5.11 Å². The lowest BCUT2D eigenvalue weighted by Crippen LogP contribution is -2.23. The number of nitrogens with one attached hydrogen (secondary N) is 1. The summed E-state index contributed by atoms with van der Waals surface area (Å²) in [7, 11) is 0. The lowest BCUT2D eigenvalue weighted by Gasteiger charge is -2.14. The van der Waals surface area contributed by atoms with E-state index in [2.05, 4.69) is 12.2 Å². The van der Waals surface area contributed by atoms with Crippen molar-refractivity contribution in [3.63, 3.8) is 0 Å². The molecule has 0 spiro atoms. The predicted molar refractivity (Wildman–Crippen MR) is 86.0 cm³/mol. The Morgan fingerprint density at radius 1 is 1.38 bits per heavy atom. The van der Waals surface area contributed by atoms with E-state index in [-0.39, 0.29) is 6.61 Å². The van der Waals surface area contributed by atoms with Gasteiger partial charge in [0.15, 0.2) is 0 Å². The van der Waals surface area contributed by atoms with Gasteiger partial charge in [-0.15, -0.1) is 11.3 Å². The SMILES string of the molecule is CCC(CCO)CNCc1c(C(=O)O)sc2ccccc12. The molecule has 0 aliphatic carbocycles. The number of hydrogen-bond donors (Lipinski definition) is 3. The summed E-state index contributed by atoms with van der Waals surface area (Å²) < 4.78 is 1.01. The smallest absolute Gasteiger partial charge is 0.346 e. The van der Waals surface area contributed by atoms with Gasteiger partial charge in [0.25, 0.3) is 0 Å². The second kappa shape index (κ2) is 7.54. The molecule has 0 aliphatic rings. The van der Waals surface area contributed by atoms with Gasteiger partial charge in [0.05, 0.1) is 0 Å². The number of aliphatic hydroxyl groups excluding tert-OH is 1. The van der Waals surface area contributed by atoms with E-state index in [1.807, 2.05) is 24.3 Å². The first-order valence-corrected chi connectivity index (χ1v) is 8.04. The van der Waals surface area contributed by atoms with Crippen LogP contribution in [0, 0.1) is 5.92 Å². The fraction of sp³-hybridized carbons (Fsp3) is 0.438. The summed E-state index contributed by atoms with van der Waals surface area (Å²) in [5.41, 5.74) is 0.863. The number of hydrogen-bond acceptors (Lipinski definition) is 4. The van der Waals surface area contributed by atoms with Crippen LogP contribution < -0.4 is 5.32 Å². The fourth-order valence-corrected chi connectivity index (χ4v) is 3.54. The molecule has 3 N–H and O–H groups in total. The Morgan fingerprint density at radius 2 is 2.14 bits per heavy atom. The number of carboxylic acids is 1. The number of fused-ring (bicyclic) bond motifs is 1. The Balaban J connectivity index is 2.13. The van der Waals surface area contributed by atoms with Crippen molar-refractivity contribution in [1.29, 1.82) is 0 Å². The molecule has 2 aromatic rings. The molecule has 1 heterocycles. The van der Waals surface area contributed by atoms with Gasteiger partial charge in [-0.1, -0.05) is 31.5 Å². The summed E-state index contributed by atoms with van der Waals surface area (Å²) in [4.78, 5) is 11.8. The van der Waals surface area contributed by atoms with Gasteiger partial charge < -0.3 is 15.5 Å². The molecule has 21 heavy (non-hydrogen) atoms. The standard InChI is InChI=1S/C16H21NO3S/c1-2-11(7-8-18)9-17-10-13-12-5-3-4-6-14(12)21-15(13)16(19)20/h3-6,11,17-18H,2,7-10H2,1H3,(H,19,20). The van der Waals surface area contributed by atoms with E-state index < -0.39 is 5.97 Å². The third kappa shape index (κ3) is 3.81. The van der Waals surface area contributed by atoms with Gasteiger partial charge in [-0.2, -0.15) is 0 Å². The summed E-state index contributed by atoms with van der Waals surface area (Å²) in [6, 6.07) is 7.79. The zero-order valence-corrected chi connectivity index (χ0v) is 12.9. The molecule has 114 valence electrons. The van der Waals surface area contributed by atoms with Crippen molar-refractivity contribution in [2.24, 2.45) is 5.92 Å². The van der Waals surface area contributed by atoms with Gasteiger partial charge in [-0.3, -0.25) is 0 Å². The van der Waals surface area contributed by atoms with Crippen LogP contribution in [0.15, 0.2) is 24.3 Å². The first-order chi connectivity index (χ1) is 10.2. The van der Waals surface area contributed by atoms with E-state index >= 15 is 0 Å². The average molecular weight is 307 g/mol. The van der Waals surface area contributed by atoms with Crippen LogP contribution in [0.5, 0.6) is 0 Å². The molecular formula is C16H21NO3S. The van der Waals surface area contributed by atoms with Crippen molar-refractivity contribution in [2.45, 2.75) is 26.3 Å². The molecule has 1 aromatic carbocycles. The number of carbonyl (C=O) groups is 1. The number of thiophene rings is 1. The molecule has 0 bridgehead atoms. The van der Waals surface area contributed by atoms with Crippen molar-refractivity contribution >= 4 is 27.4 Å². The van der Waals surface area contributed by atoms with Crippen LogP contribution in [0.25, 0.3) is 10.1 Å². The fourth-order valence-electron chi connectivity index (χ4n) is 2.48. The minimum atomic E-state index is -0.865. The molecule has 0 saturated carbocycles. The quantitative estimate of drug-likeness (QED) is 0.701. The van der Waals surface area contributed by atoms with Crippen molar-refractivity contribution in [3.8, 4) is 0 Å². The Bertz CT molecular complexity index is 609. The molecular weight excluding hydrogens is 286 g/mol. The van der Waals surface area contributed by atoms with Crippen LogP contribution in [0.4, 0.5) is 0 Å². The van der Waals surface area contributed by atoms with E-state index in [1.165, 1.54) is 11.3 Å². The zero-order valence-electron chi connectivity index (χ0n) is 12.1. The summed E-state index contributed by atoms with van der Waals surface area (Å²) in [5, 5.41) is 22.7. The largest absolute Gasteiger partial charge is 0.477 e. The van der Waals surface area contributed by atoms with Crippen molar-refractivity contribution in [3.05, 3.63) is 34.7 Å². The zero-order chi connectivity index (χ0) is 15.2. The molecule has 5 heteroatoms. The number of benzene rings is 1. The number of rotatable bonds is 8. The van der Waals surface area contributed by atoms with Crippen LogP contribution in [0.3, 0.4) is 0 Å². The Morgan fingerprint density at radius 3 is 2.81 bits per heavy atom. The highest BCUT2D eigenvalue weighted by molar-refractivity contribution is 7.21. The maximum absolute atomic E-state index is 11.4. The van der Waals surface area contributed by atoms with E-state index in [0.717, 1.165) is 35.0 Å². The second-order valence-electron chi connectivity index (χ2n) is 5.13. The Labute approximate surface area is 128 Å². The number of carboxylic acid groups (broad SMARTS) is 1. The van der Waals surface area contributed by atoms with Gasteiger partial charge in [0, 0.05) is 17.9 Å². The maximum atomic E-state index is 11.4. The highest BCUT2D eigenvalue weighted by Gasteiger charge is 2.17. The van der Waals surface area contributed by atoms with Gasteiger partial charge in [-0.05, 0) is 35.9 Å². The van der Waals surface area contributed by atoms with Crippen molar-refractivity contribution < 1.29 is 15.0 Å². The van der Waals surface area contributed by atoms with Gasteiger partial charge in [0.2, 0.25) is 0 Å². The molecule has 1 atom stereocenters. The van der Waals surface area contributed by atoms with E-state index in [9.17, 15) is 9.90 Å². The van der Waals surface area contributed by atoms with Crippen LogP contribution in [0.1, 0.15) is 35.0 Å². The molecule has 0 radical (unpaired) electrons. The van der Waals surface area contributed by atoms with E-state index in [1.54, 1.807) is 0 Å². The molecule has 1 aromatic heterocycles. The first kappa shape index (κ1) is 15.9. The summed E-state index contributed by atoms with van der Waals surface area (Å²) in [6.07, 6.45) is 1.78. The Kier molecular flexibility index (Phi) is 5.73. The third-order valence-electron chi connectivity index (χ3n) is 3.74. The van der Waals surface area contributed by atoms with Crippen molar-refractivity contribution in [2.75, 3.05) is 13.2 Å². The van der Waals surface area contributed by atoms with Crippen LogP contribution in [0.2, 0.25) is 0 Å². The molecule has 4 nitrogen and oxygen atoms in total. The summed E-state index contributed by atoms with van der Waals surface area (Å²) in [6.45, 7) is 3.64. The Hall–Kier alpha value is -1.43. The summed E-state index contributed by atoms with van der Waals surface area (Å²) in [5.74, 6) is -0.441. The van der Waals surface area contributed by atoms with Gasteiger partial charge >= 0.3 is 5.97 Å². The number of aliphatic hydroxyl groups is 1. The highest BCUT2D eigenvalue weighted by atomic mass is 32.1. The molecule has 0 aliphatic heterocycles. The van der Waals surface area contributed by atoms with Crippen LogP contribution in [-0.2, 0) is 6.54 Å². The highest BCUT2D eigenvalue weighted by Crippen LogP contribution is 2.31. The van der Waals surface area contributed by atoms with Crippen LogP contribution in [-0.4, -0.2) is 29.3 Å².